The van der Waals surface area contributed by atoms with Gasteiger partial charge in [0.05, 0.1) is 51.9 Å². The molecule has 0 saturated heterocycles. The van der Waals surface area contributed by atoms with Gasteiger partial charge in [0.25, 0.3) is 0 Å². The van der Waals surface area contributed by atoms with Gasteiger partial charge in [-0.3, -0.25) is 24.9 Å². The molecule has 1 aliphatic heterocycles. The van der Waals surface area contributed by atoms with Crippen molar-refractivity contribution in [3.63, 3.8) is 0 Å². The van der Waals surface area contributed by atoms with Gasteiger partial charge in [-0.2, -0.15) is 0 Å². The van der Waals surface area contributed by atoms with E-state index < -0.39 is 0 Å². The molecule has 7 rings (SSSR count). The Hall–Kier alpha value is -5.03. The predicted octanol–water partition coefficient (Wildman–Crippen LogP) is 6.52. The van der Waals surface area contributed by atoms with Crippen molar-refractivity contribution < 1.29 is 0 Å². The minimum Gasteiger partial charge on any atom is -0.264 e. The Kier molecular flexibility index (Phi) is 5.94. The van der Waals surface area contributed by atoms with Crippen molar-refractivity contribution in [3.8, 4) is 0 Å². The van der Waals surface area contributed by atoms with Crippen molar-refractivity contribution in [2.45, 2.75) is 17.8 Å². The van der Waals surface area contributed by atoms with Crippen LogP contribution >= 0.6 is 0 Å². The van der Waals surface area contributed by atoms with Crippen LogP contribution in [0.5, 0.6) is 0 Å². The highest BCUT2D eigenvalue weighted by molar-refractivity contribution is 5.45. The first kappa shape index (κ1) is 23.1. The van der Waals surface area contributed by atoms with Crippen molar-refractivity contribution >= 4 is 0 Å². The summed E-state index contributed by atoms with van der Waals surface area (Å²) in [5.41, 5.74) is 8.86. The van der Waals surface area contributed by atoms with E-state index in [-0.39, 0.29) is 17.8 Å². The highest BCUT2D eigenvalue weighted by Crippen LogP contribution is 2.37. The van der Waals surface area contributed by atoms with Crippen LogP contribution in [-0.4, -0.2) is 24.9 Å². The highest BCUT2D eigenvalue weighted by Gasteiger charge is 2.28. The molecule has 2 atom stereocenters. The van der Waals surface area contributed by atoms with Crippen LogP contribution in [0.25, 0.3) is 0 Å². The van der Waals surface area contributed by atoms with E-state index >= 15 is 0 Å². The lowest BCUT2D eigenvalue weighted by Crippen LogP contribution is -2.17. The third kappa shape index (κ3) is 4.38. The number of fused-ring (bicyclic) bond motifs is 6. The lowest BCUT2D eigenvalue weighted by atomic mass is 9.86. The second-order valence-electron chi connectivity index (χ2n) is 9.74. The number of hydrogen-bond donors (Lipinski definition) is 0. The first-order valence-corrected chi connectivity index (χ1v) is 13.1. The summed E-state index contributed by atoms with van der Waals surface area (Å²) >= 11 is 0. The molecule has 5 nitrogen and oxygen atoms in total. The normalized spacial score (nSPS) is 18.0. The molecule has 1 aliphatic rings. The molecule has 2 unspecified atom stereocenters. The van der Waals surface area contributed by atoms with Gasteiger partial charge in [-0.15, -0.1) is 0 Å². The molecule has 0 aliphatic carbocycles. The summed E-state index contributed by atoms with van der Waals surface area (Å²) in [6.45, 7) is 0. The van der Waals surface area contributed by atoms with Gasteiger partial charge in [-0.05, 0) is 65.2 Å². The van der Waals surface area contributed by atoms with Crippen molar-refractivity contribution in [2.75, 3.05) is 0 Å². The van der Waals surface area contributed by atoms with Crippen LogP contribution in [0.15, 0.2) is 134 Å². The Morgan fingerprint density at radius 3 is 1.05 bits per heavy atom. The number of benzene rings is 1. The van der Waals surface area contributed by atoms with Crippen molar-refractivity contribution in [3.05, 3.63) is 185 Å². The van der Waals surface area contributed by atoms with Crippen LogP contribution < -0.4 is 0 Å². The van der Waals surface area contributed by atoms with Crippen molar-refractivity contribution in [2.24, 2.45) is 0 Å². The van der Waals surface area contributed by atoms with Crippen LogP contribution in [0.4, 0.5) is 0 Å². The molecule has 0 saturated carbocycles. The molecule has 0 amide bonds. The number of aromatic nitrogens is 5. The van der Waals surface area contributed by atoms with Gasteiger partial charge >= 0.3 is 0 Å². The summed E-state index contributed by atoms with van der Waals surface area (Å²) in [5, 5.41) is 0. The minimum absolute atomic E-state index is 0.124. The minimum atomic E-state index is -0.171. The van der Waals surface area contributed by atoms with Gasteiger partial charge in [0.1, 0.15) is 0 Å². The Bertz CT molecular complexity index is 1460. The standard InChI is InChI=1S/C34H25N5/c1-2-9-23(10-3-1)32-26-13-4-15-28(37-26)33(24-11-7-19-35-21-24)30-17-6-18-31(39-30)34(25-12-8-20-36-22-25)29-16-5-14-27(32)38-29/h1-22,32-34H. The third-order valence-electron chi connectivity index (χ3n) is 7.32. The van der Waals surface area contributed by atoms with E-state index in [2.05, 4.69) is 101 Å². The number of rotatable bonds is 3. The molecule has 6 bridgehead atoms. The molecule has 5 heteroatoms. The van der Waals surface area contributed by atoms with Gasteiger partial charge in [0.15, 0.2) is 0 Å². The number of hydrogen-bond acceptors (Lipinski definition) is 5. The Labute approximate surface area is 227 Å². The zero-order chi connectivity index (χ0) is 26.0. The fraction of sp³-hybridized carbons (Fsp3) is 0.0882. The molecule has 6 aromatic rings. The lowest BCUT2D eigenvalue weighted by molar-refractivity contribution is 0.769. The second kappa shape index (κ2) is 10.0. The molecule has 0 fully saturated rings. The van der Waals surface area contributed by atoms with E-state index in [9.17, 15) is 0 Å². The van der Waals surface area contributed by atoms with Gasteiger partial charge in [-0.1, -0.05) is 60.7 Å². The Morgan fingerprint density at radius 1 is 0.333 bits per heavy atom. The van der Waals surface area contributed by atoms with Crippen LogP contribution in [-0.2, 0) is 0 Å². The maximum atomic E-state index is 5.29. The van der Waals surface area contributed by atoms with E-state index in [1.54, 1.807) is 12.4 Å². The first-order chi connectivity index (χ1) is 19.3. The van der Waals surface area contributed by atoms with Crippen LogP contribution in [0.1, 0.15) is 68.6 Å². The third-order valence-corrected chi connectivity index (χ3v) is 7.32. The first-order valence-electron chi connectivity index (χ1n) is 13.1. The summed E-state index contributed by atoms with van der Waals surface area (Å²) in [5.74, 6) is -0.466. The molecular weight excluding hydrogens is 478 g/mol. The quantitative estimate of drug-likeness (QED) is 0.275. The van der Waals surface area contributed by atoms with E-state index in [0.717, 1.165) is 50.9 Å². The van der Waals surface area contributed by atoms with E-state index in [1.807, 2.05) is 30.6 Å². The van der Waals surface area contributed by atoms with Crippen molar-refractivity contribution in [1.29, 1.82) is 0 Å². The van der Waals surface area contributed by atoms with Crippen LogP contribution in [0.3, 0.4) is 0 Å². The van der Waals surface area contributed by atoms with E-state index in [0.29, 0.717) is 0 Å². The molecule has 39 heavy (non-hydrogen) atoms. The van der Waals surface area contributed by atoms with Crippen molar-refractivity contribution in [1.82, 2.24) is 24.9 Å². The Morgan fingerprint density at radius 2 is 0.692 bits per heavy atom. The highest BCUT2D eigenvalue weighted by atomic mass is 14.8. The zero-order valence-electron chi connectivity index (χ0n) is 21.2. The van der Waals surface area contributed by atoms with Gasteiger partial charge in [0.2, 0.25) is 0 Å². The number of pyridine rings is 5. The maximum absolute atomic E-state index is 5.29. The molecule has 0 N–H and O–H groups in total. The Balaban J connectivity index is 1.55. The molecule has 0 spiro atoms. The molecule has 5 aromatic heterocycles. The molecule has 1 aromatic carbocycles. The number of nitrogens with zero attached hydrogens (tertiary/aromatic N) is 5. The average Bonchev–Trinajstić information content (AvgIpc) is 3.00. The van der Waals surface area contributed by atoms with Gasteiger partial charge < -0.3 is 0 Å². The van der Waals surface area contributed by atoms with Gasteiger partial charge in [0, 0.05) is 24.8 Å². The second-order valence-corrected chi connectivity index (χ2v) is 9.74. The van der Waals surface area contributed by atoms with E-state index in [4.69, 9.17) is 15.0 Å². The van der Waals surface area contributed by atoms with Gasteiger partial charge in [-0.25, -0.2) is 0 Å². The summed E-state index contributed by atoms with van der Waals surface area (Å²) in [7, 11) is 0. The maximum Gasteiger partial charge on any atom is 0.0701 e. The smallest absolute Gasteiger partial charge is 0.0701 e. The van der Waals surface area contributed by atoms with Crippen LogP contribution in [0, 0.1) is 0 Å². The summed E-state index contributed by atoms with van der Waals surface area (Å²) in [4.78, 5) is 24.7. The molecule has 6 heterocycles. The summed E-state index contributed by atoms with van der Waals surface area (Å²) in [6, 6.07) is 37.5. The van der Waals surface area contributed by atoms with E-state index in [1.165, 1.54) is 0 Å². The predicted molar refractivity (Wildman–Crippen MR) is 150 cm³/mol. The molecular formula is C34H25N5. The molecule has 0 radical (unpaired) electrons. The average molecular weight is 504 g/mol. The lowest BCUT2D eigenvalue weighted by Gasteiger charge is -2.25. The zero-order valence-corrected chi connectivity index (χ0v) is 21.2. The SMILES string of the molecule is c1ccc(C2c3cccc(n3)C(c3cccnc3)c3cccc(n3)C(c3cccnc3)c3cccc2n3)cc1. The monoisotopic (exact) mass is 503 g/mol. The summed E-state index contributed by atoms with van der Waals surface area (Å²) in [6.07, 6.45) is 7.43. The fourth-order valence-corrected chi connectivity index (χ4v) is 5.59. The summed E-state index contributed by atoms with van der Waals surface area (Å²) < 4.78 is 0. The fourth-order valence-electron chi connectivity index (χ4n) is 5.59. The molecule has 186 valence electrons. The topological polar surface area (TPSA) is 64.5 Å². The van der Waals surface area contributed by atoms with Crippen LogP contribution in [0.2, 0.25) is 0 Å². The largest absolute Gasteiger partial charge is 0.264 e.